The van der Waals surface area contributed by atoms with E-state index in [1.165, 1.54) is 5.56 Å². The first kappa shape index (κ1) is 25.9. The standard InChI is InChI=1S/C31H38N6O/c1-4-22(3)24-8-10-25(11-9-24)28-7-6-18-37-29(28)34-31(35-37)33-27-14-12-26(13-15-27)30(38)32-21-23-16-19-36(5-2)20-17-23/h6-15,18,22-23H,4-5,16-17,19-21H2,1-3H3,(H,32,38)(H,33,35). The minimum absolute atomic E-state index is 0.0238. The molecule has 1 saturated heterocycles. The Hall–Kier alpha value is -3.71. The van der Waals surface area contributed by atoms with Crippen molar-refractivity contribution in [3.63, 3.8) is 0 Å². The van der Waals surface area contributed by atoms with E-state index in [0.29, 0.717) is 23.3 Å². The zero-order valence-corrected chi connectivity index (χ0v) is 22.7. The van der Waals surface area contributed by atoms with E-state index in [1.807, 2.05) is 36.5 Å². The first-order valence-electron chi connectivity index (χ1n) is 13.9. The lowest BCUT2D eigenvalue weighted by Crippen LogP contribution is -2.38. The number of aromatic nitrogens is 3. The molecule has 0 spiro atoms. The van der Waals surface area contributed by atoms with E-state index in [-0.39, 0.29) is 5.91 Å². The number of carbonyl (C=O) groups excluding carboxylic acids is 1. The molecular formula is C31H38N6O. The Morgan fingerprint density at radius 1 is 1.03 bits per heavy atom. The molecule has 38 heavy (non-hydrogen) atoms. The number of pyridine rings is 1. The minimum Gasteiger partial charge on any atom is -0.352 e. The van der Waals surface area contributed by atoms with Crippen molar-refractivity contribution in [1.82, 2.24) is 24.8 Å². The number of nitrogens with one attached hydrogen (secondary N) is 2. The van der Waals surface area contributed by atoms with Crippen LogP contribution in [0.5, 0.6) is 0 Å². The molecule has 2 aromatic carbocycles. The van der Waals surface area contributed by atoms with Gasteiger partial charge in [-0.1, -0.05) is 45.0 Å². The summed E-state index contributed by atoms with van der Waals surface area (Å²) in [5.74, 6) is 1.60. The van der Waals surface area contributed by atoms with E-state index in [4.69, 9.17) is 4.98 Å². The minimum atomic E-state index is -0.0238. The van der Waals surface area contributed by atoms with Gasteiger partial charge in [0.15, 0.2) is 5.65 Å². The van der Waals surface area contributed by atoms with E-state index >= 15 is 0 Å². The van der Waals surface area contributed by atoms with Crippen LogP contribution in [0.1, 0.15) is 61.9 Å². The highest BCUT2D eigenvalue weighted by Gasteiger charge is 2.19. The van der Waals surface area contributed by atoms with Crippen LogP contribution >= 0.6 is 0 Å². The van der Waals surface area contributed by atoms with Crippen LogP contribution in [0, 0.1) is 5.92 Å². The fourth-order valence-electron chi connectivity index (χ4n) is 5.09. The summed E-state index contributed by atoms with van der Waals surface area (Å²) in [6, 6.07) is 20.3. The summed E-state index contributed by atoms with van der Waals surface area (Å²) in [5.41, 5.74) is 5.80. The summed E-state index contributed by atoms with van der Waals surface area (Å²) < 4.78 is 1.80. The second-order valence-electron chi connectivity index (χ2n) is 10.3. The molecule has 0 radical (unpaired) electrons. The van der Waals surface area contributed by atoms with Crippen LogP contribution in [0.3, 0.4) is 0 Å². The zero-order valence-electron chi connectivity index (χ0n) is 22.7. The van der Waals surface area contributed by atoms with Crippen LogP contribution in [0.4, 0.5) is 11.6 Å². The Balaban J connectivity index is 1.23. The fraction of sp³-hybridized carbons (Fsp3) is 0.387. The lowest BCUT2D eigenvalue weighted by molar-refractivity contribution is 0.0937. The largest absolute Gasteiger partial charge is 0.352 e. The van der Waals surface area contributed by atoms with Crippen LogP contribution in [-0.2, 0) is 0 Å². The Kier molecular flexibility index (Phi) is 8.03. The van der Waals surface area contributed by atoms with Crippen molar-refractivity contribution in [2.24, 2.45) is 5.92 Å². The van der Waals surface area contributed by atoms with Crippen molar-refractivity contribution >= 4 is 23.2 Å². The summed E-state index contributed by atoms with van der Waals surface area (Å²) in [5, 5.41) is 11.0. The lowest BCUT2D eigenvalue weighted by Gasteiger charge is -2.31. The number of hydrogen-bond acceptors (Lipinski definition) is 5. The predicted molar refractivity (Wildman–Crippen MR) is 154 cm³/mol. The highest BCUT2D eigenvalue weighted by atomic mass is 16.1. The van der Waals surface area contributed by atoms with Crippen LogP contribution in [0.25, 0.3) is 16.8 Å². The maximum absolute atomic E-state index is 12.7. The topological polar surface area (TPSA) is 74.6 Å². The third-order valence-electron chi connectivity index (χ3n) is 7.87. The fourth-order valence-corrected chi connectivity index (χ4v) is 5.09. The Morgan fingerprint density at radius 3 is 2.45 bits per heavy atom. The van der Waals surface area contributed by atoms with Gasteiger partial charge in [0.05, 0.1) is 0 Å². The maximum atomic E-state index is 12.7. The van der Waals surface area contributed by atoms with Crippen LogP contribution in [-0.4, -0.2) is 51.6 Å². The molecule has 2 aromatic heterocycles. The highest BCUT2D eigenvalue weighted by molar-refractivity contribution is 5.94. The maximum Gasteiger partial charge on any atom is 0.251 e. The van der Waals surface area contributed by atoms with Gasteiger partial charge in [0.2, 0.25) is 5.95 Å². The highest BCUT2D eigenvalue weighted by Crippen LogP contribution is 2.27. The molecule has 1 aliphatic rings. The number of rotatable bonds is 9. The molecule has 1 amide bonds. The van der Waals surface area contributed by atoms with E-state index < -0.39 is 0 Å². The predicted octanol–water partition coefficient (Wildman–Crippen LogP) is 6.12. The molecule has 5 rings (SSSR count). The molecule has 1 unspecified atom stereocenters. The summed E-state index contributed by atoms with van der Waals surface area (Å²) >= 11 is 0. The third kappa shape index (κ3) is 5.89. The molecule has 3 heterocycles. The number of nitrogens with zero attached hydrogens (tertiary/aromatic N) is 4. The molecule has 1 aliphatic heterocycles. The van der Waals surface area contributed by atoms with Gasteiger partial charge in [-0.2, -0.15) is 4.98 Å². The first-order chi connectivity index (χ1) is 18.5. The van der Waals surface area contributed by atoms with Crippen molar-refractivity contribution < 1.29 is 4.79 Å². The molecule has 2 N–H and O–H groups in total. The molecule has 0 bridgehead atoms. The summed E-state index contributed by atoms with van der Waals surface area (Å²) in [6.07, 6.45) is 5.32. The molecule has 7 heteroatoms. The van der Waals surface area contributed by atoms with Crippen LogP contribution in [0.15, 0.2) is 66.9 Å². The molecule has 198 valence electrons. The number of carbonyl (C=O) groups is 1. The smallest absolute Gasteiger partial charge is 0.251 e. The zero-order chi connectivity index (χ0) is 26.5. The second kappa shape index (κ2) is 11.8. The summed E-state index contributed by atoms with van der Waals surface area (Å²) in [7, 11) is 0. The number of benzene rings is 2. The van der Waals surface area contributed by atoms with Crippen molar-refractivity contribution in [2.45, 2.75) is 46.0 Å². The van der Waals surface area contributed by atoms with Gasteiger partial charge in [-0.25, -0.2) is 4.52 Å². The van der Waals surface area contributed by atoms with Gasteiger partial charge >= 0.3 is 0 Å². The average Bonchev–Trinajstić information content (AvgIpc) is 3.39. The number of fused-ring (bicyclic) bond motifs is 1. The van der Waals surface area contributed by atoms with Gasteiger partial charge in [0.25, 0.3) is 5.91 Å². The molecule has 7 nitrogen and oxygen atoms in total. The molecular weight excluding hydrogens is 472 g/mol. The number of anilines is 2. The Labute approximate surface area is 225 Å². The quantitative estimate of drug-likeness (QED) is 0.284. The van der Waals surface area contributed by atoms with Gasteiger partial charge in [0.1, 0.15) is 0 Å². The van der Waals surface area contributed by atoms with Crippen molar-refractivity contribution in [1.29, 1.82) is 0 Å². The summed E-state index contributed by atoms with van der Waals surface area (Å²) in [4.78, 5) is 19.9. The number of piperidine rings is 1. The van der Waals surface area contributed by atoms with Crippen LogP contribution in [0.2, 0.25) is 0 Å². The SMILES string of the molecule is CCC(C)c1ccc(-c2cccn3nc(Nc4ccc(C(=O)NCC5CCN(CC)CC5)cc4)nc23)cc1. The molecule has 1 atom stereocenters. The van der Waals surface area contributed by atoms with Crippen molar-refractivity contribution in [3.8, 4) is 11.1 Å². The summed E-state index contributed by atoms with van der Waals surface area (Å²) in [6.45, 7) is 10.8. The number of amides is 1. The monoisotopic (exact) mass is 510 g/mol. The molecule has 0 saturated carbocycles. The van der Waals surface area contributed by atoms with Crippen molar-refractivity contribution in [2.75, 3.05) is 31.5 Å². The van der Waals surface area contributed by atoms with Crippen LogP contribution < -0.4 is 10.6 Å². The van der Waals surface area contributed by atoms with E-state index in [2.05, 4.69) is 71.7 Å². The van der Waals surface area contributed by atoms with Gasteiger partial charge in [-0.05, 0) is 98.3 Å². The van der Waals surface area contributed by atoms with Gasteiger partial charge in [-0.3, -0.25) is 4.79 Å². The second-order valence-corrected chi connectivity index (χ2v) is 10.3. The number of likely N-dealkylation sites (tertiary alicyclic amines) is 1. The Bertz CT molecular complexity index is 1350. The lowest BCUT2D eigenvalue weighted by atomic mass is 9.96. The molecule has 1 fully saturated rings. The normalized spacial score (nSPS) is 15.4. The van der Waals surface area contributed by atoms with Crippen molar-refractivity contribution in [3.05, 3.63) is 78.0 Å². The van der Waals surface area contributed by atoms with E-state index in [1.54, 1.807) is 4.52 Å². The first-order valence-corrected chi connectivity index (χ1v) is 13.9. The Morgan fingerprint density at radius 2 is 1.76 bits per heavy atom. The third-order valence-corrected chi connectivity index (χ3v) is 7.87. The van der Waals surface area contributed by atoms with E-state index in [9.17, 15) is 4.79 Å². The van der Waals surface area contributed by atoms with E-state index in [0.717, 1.165) is 67.9 Å². The van der Waals surface area contributed by atoms with Gasteiger partial charge in [0, 0.05) is 29.6 Å². The molecule has 0 aliphatic carbocycles. The van der Waals surface area contributed by atoms with Gasteiger partial charge in [-0.15, -0.1) is 5.10 Å². The average molecular weight is 511 g/mol. The van der Waals surface area contributed by atoms with Gasteiger partial charge < -0.3 is 15.5 Å². The molecule has 4 aromatic rings. The number of hydrogen-bond donors (Lipinski definition) is 2.